The monoisotopic (exact) mass is 315 g/mol. The molecule has 5 nitrogen and oxygen atoms in total. The first-order chi connectivity index (χ1) is 9.56. The van der Waals surface area contributed by atoms with Gasteiger partial charge in [-0.05, 0) is 39.2 Å². The molecule has 0 atom stereocenters. The number of thioether (sulfide) groups is 1. The van der Waals surface area contributed by atoms with Crippen LogP contribution in [0.25, 0.3) is 0 Å². The number of piperidine rings is 1. The summed E-state index contributed by atoms with van der Waals surface area (Å²) in [4.78, 5) is 15.5. The van der Waals surface area contributed by atoms with Gasteiger partial charge in [0.05, 0.1) is 17.7 Å². The third-order valence-corrected chi connectivity index (χ3v) is 5.61. The number of carbonyl (C=O) groups is 1. The highest BCUT2D eigenvalue weighted by molar-refractivity contribution is 7.99. The fourth-order valence-corrected chi connectivity index (χ4v) is 4.33. The first-order valence-electron chi connectivity index (χ1n) is 6.56. The molecule has 0 spiro atoms. The number of hydrogen-bond acceptors (Lipinski definition) is 7. The van der Waals surface area contributed by atoms with Crippen LogP contribution in [0.4, 0.5) is 10.7 Å². The quantitative estimate of drug-likeness (QED) is 0.657. The van der Waals surface area contributed by atoms with E-state index in [1.165, 1.54) is 18.4 Å². The van der Waals surface area contributed by atoms with Crippen molar-refractivity contribution in [3.8, 4) is 0 Å². The van der Waals surface area contributed by atoms with Crippen molar-refractivity contribution in [3.05, 3.63) is 4.88 Å². The normalized spacial score (nSPS) is 17.1. The fourth-order valence-electron chi connectivity index (χ4n) is 2.31. The van der Waals surface area contributed by atoms with Crippen molar-refractivity contribution in [1.82, 2.24) is 4.90 Å². The van der Waals surface area contributed by atoms with Crippen LogP contribution in [-0.4, -0.2) is 50.4 Å². The Morgan fingerprint density at radius 2 is 2.15 bits per heavy atom. The average Bonchev–Trinajstić information content (AvgIpc) is 2.76. The number of likely N-dealkylation sites (tertiary alicyclic amines) is 1. The first-order valence-corrected chi connectivity index (χ1v) is 8.60. The number of nitrogens with two attached hydrogens (primary N) is 1. The molecule has 20 heavy (non-hydrogen) atoms. The predicted molar refractivity (Wildman–Crippen MR) is 86.0 cm³/mol. The van der Waals surface area contributed by atoms with E-state index in [9.17, 15) is 4.79 Å². The molecule has 1 aromatic rings. The van der Waals surface area contributed by atoms with Gasteiger partial charge in [-0.15, -0.1) is 23.1 Å². The molecule has 0 aliphatic carbocycles. The molecule has 0 aromatic carbocycles. The minimum atomic E-state index is -0.362. The Morgan fingerprint density at radius 3 is 2.70 bits per heavy atom. The third kappa shape index (κ3) is 3.21. The number of nitrogen functional groups attached to an aromatic ring is 1. The second-order valence-electron chi connectivity index (χ2n) is 4.92. The number of thiophene rings is 1. The lowest BCUT2D eigenvalue weighted by Gasteiger charge is -2.29. The van der Waals surface area contributed by atoms with E-state index in [-0.39, 0.29) is 5.97 Å². The number of esters is 1. The summed E-state index contributed by atoms with van der Waals surface area (Å²) in [5.74, 6) is -0.362. The Labute approximate surface area is 127 Å². The summed E-state index contributed by atoms with van der Waals surface area (Å²) in [6.07, 6.45) is 4.19. The minimum Gasteiger partial charge on any atom is -0.465 e. The number of nitrogens with zero attached hydrogens (tertiary/aromatic N) is 1. The van der Waals surface area contributed by atoms with Crippen molar-refractivity contribution in [2.24, 2.45) is 0 Å². The van der Waals surface area contributed by atoms with E-state index in [4.69, 9.17) is 10.5 Å². The van der Waals surface area contributed by atoms with E-state index in [0.29, 0.717) is 16.6 Å². The number of nitrogens with one attached hydrogen (secondary N) is 1. The van der Waals surface area contributed by atoms with Crippen LogP contribution >= 0.6 is 23.1 Å². The summed E-state index contributed by atoms with van der Waals surface area (Å²) in [6, 6.07) is 0.445. The van der Waals surface area contributed by atoms with Gasteiger partial charge in [0.1, 0.15) is 9.88 Å². The maximum absolute atomic E-state index is 11.7. The van der Waals surface area contributed by atoms with E-state index in [0.717, 1.165) is 35.8 Å². The molecule has 112 valence electrons. The van der Waals surface area contributed by atoms with E-state index in [1.807, 2.05) is 6.26 Å². The largest absolute Gasteiger partial charge is 0.465 e. The van der Waals surface area contributed by atoms with Gasteiger partial charge in [0.2, 0.25) is 0 Å². The summed E-state index contributed by atoms with van der Waals surface area (Å²) >= 11 is 2.96. The van der Waals surface area contributed by atoms with Gasteiger partial charge >= 0.3 is 5.97 Å². The molecule has 0 amide bonds. The number of methoxy groups -OCH3 is 1. The zero-order chi connectivity index (χ0) is 14.7. The molecule has 7 heteroatoms. The molecule has 0 radical (unpaired) electrons. The van der Waals surface area contributed by atoms with Gasteiger partial charge in [-0.25, -0.2) is 4.79 Å². The fraction of sp³-hybridized carbons (Fsp3) is 0.615. The van der Waals surface area contributed by atoms with Crippen LogP contribution in [-0.2, 0) is 4.74 Å². The number of ether oxygens (including phenoxy) is 1. The molecule has 1 aliphatic rings. The van der Waals surface area contributed by atoms with Gasteiger partial charge < -0.3 is 20.7 Å². The van der Waals surface area contributed by atoms with Crippen molar-refractivity contribution in [2.75, 3.05) is 44.6 Å². The van der Waals surface area contributed by atoms with Crippen LogP contribution in [0.5, 0.6) is 0 Å². The highest BCUT2D eigenvalue weighted by Crippen LogP contribution is 2.42. The van der Waals surface area contributed by atoms with Crippen LogP contribution in [0, 0.1) is 0 Å². The maximum Gasteiger partial charge on any atom is 0.350 e. The molecule has 2 heterocycles. The third-order valence-electron chi connectivity index (χ3n) is 3.53. The Bertz CT molecular complexity index is 482. The second-order valence-corrected chi connectivity index (χ2v) is 6.76. The lowest BCUT2D eigenvalue weighted by atomic mass is 10.1. The smallest absolute Gasteiger partial charge is 0.350 e. The summed E-state index contributed by atoms with van der Waals surface area (Å²) in [7, 11) is 3.52. The van der Waals surface area contributed by atoms with Gasteiger partial charge in [-0.3, -0.25) is 0 Å². The van der Waals surface area contributed by atoms with Gasteiger partial charge in [0, 0.05) is 6.04 Å². The zero-order valence-corrected chi connectivity index (χ0v) is 13.7. The molecule has 1 saturated heterocycles. The Morgan fingerprint density at radius 1 is 1.50 bits per heavy atom. The van der Waals surface area contributed by atoms with Gasteiger partial charge in [0.15, 0.2) is 0 Å². The van der Waals surface area contributed by atoms with Crippen molar-refractivity contribution >= 4 is 39.8 Å². The first kappa shape index (κ1) is 15.5. The second kappa shape index (κ2) is 6.69. The summed E-state index contributed by atoms with van der Waals surface area (Å²) in [5.41, 5.74) is 6.59. The van der Waals surface area contributed by atoms with Crippen LogP contribution in [0.1, 0.15) is 22.5 Å². The SMILES string of the molecule is COC(=O)c1sc(NC2CCN(C)CC2)c(SC)c1N. The maximum atomic E-state index is 11.7. The van der Waals surface area contributed by atoms with E-state index >= 15 is 0 Å². The highest BCUT2D eigenvalue weighted by atomic mass is 32.2. The number of rotatable bonds is 4. The Balaban J connectivity index is 2.16. The van der Waals surface area contributed by atoms with E-state index < -0.39 is 0 Å². The van der Waals surface area contributed by atoms with Crippen molar-refractivity contribution in [2.45, 2.75) is 23.8 Å². The Hall–Kier alpha value is -0.920. The van der Waals surface area contributed by atoms with E-state index in [1.54, 1.807) is 11.8 Å². The molecule has 1 aliphatic heterocycles. The molecule has 0 bridgehead atoms. The predicted octanol–water partition coefficient (Wildman–Crippen LogP) is 2.34. The highest BCUT2D eigenvalue weighted by Gasteiger charge is 2.24. The summed E-state index contributed by atoms with van der Waals surface area (Å²) in [5, 5.41) is 4.54. The lowest BCUT2D eigenvalue weighted by Crippen LogP contribution is -2.36. The number of anilines is 2. The molecule has 0 saturated carbocycles. The van der Waals surface area contributed by atoms with Crippen molar-refractivity contribution < 1.29 is 9.53 Å². The van der Waals surface area contributed by atoms with Crippen molar-refractivity contribution in [3.63, 3.8) is 0 Å². The molecular weight excluding hydrogens is 294 g/mol. The molecule has 3 N–H and O–H groups in total. The standard InChI is InChI=1S/C13H21N3O2S2/c1-16-6-4-8(5-7-16)15-12-10(19-3)9(14)11(20-12)13(17)18-2/h8,15H,4-7,14H2,1-3H3. The molecule has 2 rings (SSSR count). The Kier molecular flexibility index (Phi) is 5.17. The van der Waals surface area contributed by atoms with Gasteiger partial charge in [0.25, 0.3) is 0 Å². The summed E-state index contributed by atoms with van der Waals surface area (Å²) in [6.45, 7) is 2.19. The topological polar surface area (TPSA) is 67.6 Å². The van der Waals surface area contributed by atoms with Gasteiger partial charge in [-0.1, -0.05) is 0 Å². The van der Waals surface area contributed by atoms with Crippen molar-refractivity contribution in [1.29, 1.82) is 0 Å². The molecule has 1 fully saturated rings. The average molecular weight is 315 g/mol. The molecular formula is C13H21N3O2S2. The number of hydrogen-bond donors (Lipinski definition) is 2. The lowest BCUT2D eigenvalue weighted by molar-refractivity contribution is 0.0607. The number of carbonyl (C=O) groups excluding carboxylic acids is 1. The molecule has 1 aromatic heterocycles. The minimum absolute atomic E-state index is 0.362. The van der Waals surface area contributed by atoms with E-state index in [2.05, 4.69) is 17.3 Å². The van der Waals surface area contributed by atoms with Gasteiger partial charge in [-0.2, -0.15) is 0 Å². The van der Waals surface area contributed by atoms with Crippen LogP contribution < -0.4 is 11.1 Å². The van der Waals surface area contributed by atoms with Crippen LogP contribution in [0.2, 0.25) is 0 Å². The summed E-state index contributed by atoms with van der Waals surface area (Å²) < 4.78 is 4.78. The molecule has 0 unspecified atom stereocenters. The zero-order valence-electron chi connectivity index (χ0n) is 12.1. The van der Waals surface area contributed by atoms with Crippen LogP contribution in [0.3, 0.4) is 0 Å². The van der Waals surface area contributed by atoms with Crippen LogP contribution in [0.15, 0.2) is 4.90 Å².